The number of aliphatic hydroxyl groups excluding tert-OH is 2. The molecule has 1 aromatic carbocycles. The molecule has 0 amide bonds. The van der Waals surface area contributed by atoms with Gasteiger partial charge in [0.05, 0.1) is 0 Å². The van der Waals surface area contributed by atoms with Crippen LogP contribution in [0.5, 0.6) is 0 Å². The summed E-state index contributed by atoms with van der Waals surface area (Å²) in [5, 5.41) is 40.9. The van der Waals surface area contributed by atoms with Gasteiger partial charge in [-0.1, -0.05) is 30.7 Å². The van der Waals surface area contributed by atoms with Crippen LogP contribution in [0.3, 0.4) is 0 Å². The molecule has 0 radical (unpaired) electrons. The van der Waals surface area contributed by atoms with Crippen molar-refractivity contribution in [3.05, 3.63) is 45.5 Å². The lowest BCUT2D eigenvalue weighted by Crippen LogP contribution is -2.45. The Labute approximate surface area is 127 Å². The smallest absolute Gasteiger partial charge is 0.303 e. The second kappa shape index (κ2) is 6.41. The van der Waals surface area contributed by atoms with Gasteiger partial charge in [0.25, 0.3) is 5.54 Å². The number of hydrogen-bond donors (Lipinski definition) is 3. The Morgan fingerprint density at radius 3 is 2.14 bits per heavy atom. The van der Waals surface area contributed by atoms with Crippen molar-refractivity contribution in [2.75, 3.05) is 0 Å². The minimum Gasteiger partial charge on any atom is -0.481 e. The Morgan fingerprint density at radius 2 is 1.68 bits per heavy atom. The highest BCUT2D eigenvalue weighted by atomic mass is 16.6. The fourth-order valence-corrected chi connectivity index (χ4v) is 3.12. The molecule has 3 N–H and O–H groups in total. The summed E-state index contributed by atoms with van der Waals surface area (Å²) in [6.45, 7) is 0. The van der Waals surface area contributed by atoms with Crippen LogP contribution in [0.4, 0.5) is 0 Å². The number of fused-ring (bicyclic) bond motifs is 1. The van der Waals surface area contributed by atoms with E-state index in [1.165, 1.54) is 0 Å². The summed E-state index contributed by atoms with van der Waals surface area (Å²) in [5.41, 5.74) is -1.08. The van der Waals surface area contributed by atoms with Gasteiger partial charge in [0.2, 0.25) is 0 Å². The summed E-state index contributed by atoms with van der Waals surface area (Å²) in [5.74, 6) is -0.905. The maximum atomic E-state index is 11.6. The van der Waals surface area contributed by atoms with E-state index in [0.29, 0.717) is 30.4 Å². The molecule has 1 unspecified atom stereocenters. The van der Waals surface area contributed by atoms with E-state index in [4.69, 9.17) is 5.11 Å². The first-order valence-corrected chi connectivity index (χ1v) is 7.22. The predicted octanol–water partition coefficient (Wildman–Crippen LogP) is 1.82. The Balaban J connectivity index is 2.13. The first-order chi connectivity index (χ1) is 10.4. The Morgan fingerprint density at radius 1 is 1.14 bits per heavy atom. The zero-order chi connectivity index (χ0) is 16.3. The van der Waals surface area contributed by atoms with Crippen LogP contribution in [0.2, 0.25) is 0 Å². The molecule has 1 aliphatic rings. The molecule has 1 aliphatic carbocycles. The molecule has 0 aliphatic heterocycles. The fourth-order valence-electron chi connectivity index (χ4n) is 3.12. The summed E-state index contributed by atoms with van der Waals surface area (Å²) >= 11 is 0. The minimum absolute atomic E-state index is 0.00334. The monoisotopic (exact) mass is 309 g/mol. The van der Waals surface area contributed by atoms with Gasteiger partial charge in [-0.05, 0) is 24.0 Å². The van der Waals surface area contributed by atoms with Gasteiger partial charge in [0, 0.05) is 17.8 Å². The molecule has 2 rings (SSSR count). The second-order valence-electron chi connectivity index (χ2n) is 5.64. The molecule has 0 saturated heterocycles. The molecule has 1 aromatic rings. The van der Waals surface area contributed by atoms with Gasteiger partial charge >= 0.3 is 5.97 Å². The Kier molecular flexibility index (Phi) is 4.77. The first kappa shape index (κ1) is 16.4. The third-order valence-corrected chi connectivity index (χ3v) is 4.34. The third-order valence-electron chi connectivity index (χ3n) is 4.34. The lowest BCUT2D eigenvalue weighted by Gasteiger charge is -2.27. The average Bonchev–Trinajstić information content (AvgIpc) is 2.69. The normalized spacial score (nSPS) is 26.6. The summed E-state index contributed by atoms with van der Waals surface area (Å²) in [6, 6.07) is 6.49. The summed E-state index contributed by atoms with van der Waals surface area (Å²) < 4.78 is 0. The maximum absolute atomic E-state index is 11.6. The van der Waals surface area contributed by atoms with E-state index in [0.717, 1.165) is 0 Å². The topological polar surface area (TPSA) is 121 Å². The van der Waals surface area contributed by atoms with Crippen LogP contribution in [0, 0.1) is 10.1 Å². The van der Waals surface area contributed by atoms with Crippen molar-refractivity contribution in [3.8, 4) is 0 Å². The number of hydrogen-bond acceptors (Lipinski definition) is 5. The van der Waals surface area contributed by atoms with Crippen molar-refractivity contribution < 1.29 is 25.0 Å². The van der Waals surface area contributed by atoms with Gasteiger partial charge in [-0.25, -0.2) is 0 Å². The van der Waals surface area contributed by atoms with Gasteiger partial charge < -0.3 is 15.3 Å². The van der Waals surface area contributed by atoms with Crippen molar-refractivity contribution in [1.29, 1.82) is 0 Å². The first-order valence-electron chi connectivity index (χ1n) is 7.22. The zero-order valence-corrected chi connectivity index (χ0v) is 12.0. The highest BCUT2D eigenvalue weighted by Crippen LogP contribution is 2.51. The standard InChI is InChI=1S/C15H19NO6/c17-12(18)8-2-1-5-9-15(16(21)22)13(19)10-6-3-4-7-11(10)14(15)20/h3-4,6-7,13-14,19-20H,1-2,5,8-9H2,(H,17,18)/t13-,14+,15?. The molecule has 22 heavy (non-hydrogen) atoms. The van der Waals surface area contributed by atoms with Crippen molar-refractivity contribution >= 4 is 5.97 Å². The van der Waals surface area contributed by atoms with Crippen LogP contribution >= 0.6 is 0 Å². The summed E-state index contributed by atoms with van der Waals surface area (Å²) in [7, 11) is 0. The summed E-state index contributed by atoms with van der Waals surface area (Å²) in [4.78, 5) is 21.4. The molecule has 0 aromatic heterocycles. The van der Waals surface area contributed by atoms with E-state index < -0.39 is 28.6 Å². The molecule has 0 saturated carbocycles. The lowest BCUT2D eigenvalue weighted by atomic mass is 9.85. The number of nitrogens with zero attached hydrogens (tertiary/aromatic N) is 1. The van der Waals surface area contributed by atoms with E-state index in [-0.39, 0.29) is 12.8 Å². The second-order valence-corrected chi connectivity index (χ2v) is 5.64. The minimum atomic E-state index is -1.85. The van der Waals surface area contributed by atoms with Gasteiger partial charge in [-0.2, -0.15) is 0 Å². The maximum Gasteiger partial charge on any atom is 0.303 e. The molecule has 3 atom stereocenters. The molecule has 7 nitrogen and oxygen atoms in total. The number of nitro groups is 1. The Bertz CT molecular complexity index is 544. The number of rotatable bonds is 7. The van der Waals surface area contributed by atoms with Gasteiger partial charge in [-0.15, -0.1) is 0 Å². The summed E-state index contributed by atoms with van der Waals surface area (Å²) in [6.07, 6.45) is -1.44. The predicted molar refractivity (Wildman–Crippen MR) is 76.8 cm³/mol. The van der Waals surface area contributed by atoms with Crippen LogP contribution in [0.15, 0.2) is 24.3 Å². The lowest BCUT2D eigenvalue weighted by molar-refractivity contribution is -0.598. The molecular formula is C15H19NO6. The van der Waals surface area contributed by atoms with Gasteiger partial charge in [0.1, 0.15) is 0 Å². The van der Waals surface area contributed by atoms with Crippen molar-refractivity contribution in [3.63, 3.8) is 0 Å². The van der Waals surface area contributed by atoms with E-state index >= 15 is 0 Å². The molecule has 0 fully saturated rings. The van der Waals surface area contributed by atoms with E-state index in [9.17, 15) is 25.1 Å². The molecule has 120 valence electrons. The zero-order valence-electron chi connectivity index (χ0n) is 12.0. The SMILES string of the molecule is O=C(O)CCCCCC1([N+](=O)[O-])[C@H](O)c2ccccc2[C@@H]1O. The average molecular weight is 309 g/mol. The number of unbranched alkanes of at least 4 members (excludes halogenated alkanes) is 2. The van der Waals surface area contributed by atoms with E-state index in [2.05, 4.69) is 0 Å². The Hall–Kier alpha value is -1.99. The molecular weight excluding hydrogens is 290 g/mol. The molecule has 0 bridgehead atoms. The largest absolute Gasteiger partial charge is 0.481 e. The molecule has 0 heterocycles. The number of carbonyl (C=O) groups is 1. The fraction of sp³-hybridized carbons (Fsp3) is 0.533. The van der Waals surface area contributed by atoms with Crippen molar-refractivity contribution in [2.45, 2.75) is 49.9 Å². The van der Waals surface area contributed by atoms with Crippen LogP contribution in [-0.2, 0) is 4.79 Å². The van der Waals surface area contributed by atoms with Gasteiger partial charge in [-0.3, -0.25) is 14.9 Å². The highest BCUT2D eigenvalue weighted by Gasteiger charge is 2.62. The number of carboxylic acids is 1. The number of aliphatic hydroxyl groups is 2. The van der Waals surface area contributed by atoms with Gasteiger partial charge in [0.15, 0.2) is 12.2 Å². The quantitative estimate of drug-likeness (QED) is 0.401. The number of carboxylic acid groups (broad SMARTS) is 1. The van der Waals surface area contributed by atoms with Crippen LogP contribution in [0.25, 0.3) is 0 Å². The highest BCUT2D eigenvalue weighted by molar-refractivity contribution is 5.66. The van der Waals surface area contributed by atoms with Crippen molar-refractivity contribution in [1.82, 2.24) is 0 Å². The third kappa shape index (κ3) is 2.69. The van der Waals surface area contributed by atoms with Crippen molar-refractivity contribution in [2.24, 2.45) is 0 Å². The van der Waals surface area contributed by atoms with Crippen LogP contribution < -0.4 is 0 Å². The molecule has 0 spiro atoms. The number of aliphatic carboxylic acids is 1. The molecule has 7 heteroatoms. The van der Waals surface area contributed by atoms with Crippen LogP contribution in [-0.4, -0.2) is 31.8 Å². The van der Waals surface area contributed by atoms with E-state index in [1.807, 2.05) is 0 Å². The number of benzene rings is 1. The van der Waals surface area contributed by atoms with E-state index in [1.54, 1.807) is 24.3 Å². The van der Waals surface area contributed by atoms with Crippen LogP contribution in [0.1, 0.15) is 55.4 Å².